The molecule has 3 aromatic rings. The van der Waals surface area contributed by atoms with Gasteiger partial charge in [0.25, 0.3) is 0 Å². The number of aromatic nitrogens is 4. The highest BCUT2D eigenvalue weighted by Gasteiger charge is 2.18. The minimum atomic E-state index is 0.0673. The first-order chi connectivity index (χ1) is 15.5. The van der Waals surface area contributed by atoms with Gasteiger partial charge in [0.15, 0.2) is 5.82 Å². The number of hydrogen-bond donors (Lipinski definition) is 1. The van der Waals surface area contributed by atoms with Crippen LogP contribution >= 0.6 is 0 Å². The maximum atomic E-state index is 12.5. The molecule has 0 aliphatic carbocycles. The van der Waals surface area contributed by atoms with Crippen LogP contribution in [-0.4, -0.2) is 45.3 Å². The van der Waals surface area contributed by atoms with Gasteiger partial charge in [-0.05, 0) is 50.2 Å². The van der Waals surface area contributed by atoms with E-state index in [1.54, 1.807) is 6.33 Å². The van der Waals surface area contributed by atoms with Crippen LogP contribution < -0.4 is 10.2 Å². The Hall–Kier alpha value is -3.22. The van der Waals surface area contributed by atoms with Crippen molar-refractivity contribution >= 4 is 11.7 Å². The molecule has 1 N–H and O–H groups in total. The third-order valence-corrected chi connectivity index (χ3v) is 6.30. The van der Waals surface area contributed by atoms with Gasteiger partial charge in [0.2, 0.25) is 5.91 Å². The van der Waals surface area contributed by atoms with Gasteiger partial charge >= 0.3 is 0 Å². The third kappa shape index (κ3) is 4.98. The van der Waals surface area contributed by atoms with Crippen molar-refractivity contribution in [2.75, 3.05) is 24.5 Å². The van der Waals surface area contributed by atoms with Gasteiger partial charge in [0.05, 0.1) is 5.69 Å². The van der Waals surface area contributed by atoms with Crippen LogP contribution in [0.15, 0.2) is 42.7 Å². The molecule has 1 aromatic carbocycles. The SMILES string of the molecule is Cc1nn(-c2cc(N3CCCC3)ncn2)c(C)c1CCC(=O)NCC(C)c1ccccc1. The molecule has 0 spiro atoms. The first kappa shape index (κ1) is 22.0. The number of rotatable bonds is 8. The van der Waals surface area contributed by atoms with E-state index in [2.05, 4.69) is 39.2 Å². The Bertz CT molecular complexity index is 1060. The lowest BCUT2D eigenvalue weighted by Gasteiger charge is -2.16. The number of anilines is 1. The predicted molar refractivity (Wildman–Crippen MR) is 126 cm³/mol. The number of aryl methyl sites for hydroxylation is 1. The van der Waals surface area contributed by atoms with Crippen LogP contribution in [0.3, 0.4) is 0 Å². The molecule has 1 aliphatic heterocycles. The zero-order valence-electron chi connectivity index (χ0n) is 19.2. The number of benzene rings is 1. The quantitative estimate of drug-likeness (QED) is 0.587. The minimum absolute atomic E-state index is 0.0673. The standard InChI is InChI=1S/C25H32N6O/c1-18(21-9-5-4-6-10-21)16-26-25(32)12-11-22-19(2)29-31(20(22)3)24-15-23(27-17-28-24)30-13-7-8-14-30/h4-6,9-10,15,17-18H,7-8,11-14,16H2,1-3H3,(H,26,32). The van der Waals surface area contributed by atoms with Crippen molar-refractivity contribution in [1.82, 2.24) is 25.1 Å². The molecule has 4 rings (SSSR count). The predicted octanol–water partition coefficient (Wildman–Crippen LogP) is 3.73. The molecule has 3 heterocycles. The van der Waals surface area contributed by atoms with Crippen molar-refractivity contribution in [1.29, 1.82) is 0 Å². The van der Waals surface area contributed by atoms with Gasteiger partial charge in [-0.3, -0.25) is 4.79 Å². The molecule has 1 atom stereocenters. The van der Waals surface area contributed by atoms with Crippen molar-refractivity contribution in [2.24, 2.45) is 0 Å². The number of nitrogens with zero attached hydrogens (tertiary/aromatic N) is 5. The van der Waals surface area contributed by atoms with Crippen LogP contribution in [0, 0.1) is 13.8 Å². The first-order valence-electron chi connectivity index (χ1n) is 11.5. The van der Waals surface area contributed by atoms with E-state index >= 15 is 0 Å². The fourth-order valence-corrected chi connectivity index (χ4v) is 4.33. The van der Waals surface area contributed by atoms with Gasteiger partial charge in [0, 0.05) is 37.8 Å². The van der Waals surface area contributed by atoms with Crippen LogP contribution in [-0.2, 0) is 11.2 Å². The average molecular weight is 433 g/mol. The number of carbonyl (C=O) groups excluding carboxylic acids is 1. The molecule has 0 bridgehead atoms. The van der Waals surface area contributed by atoms with Gasteiger partial charge < -0.3 is 10.2 Å². The summed E-state index contributed by atoms with van der Waals surface area (Å²) in [6.45, 7) is 8.89. The second-order valence-corrected chi connectivity index (χ2v) is 8.61. The fraction of sp³-hybridized carbons (Fsp3) is 0.440. The lowest BCUT2D eigenvalue weighted by Crippen LogP contribution is -2.27. The molecule has 1 fully saturated rings. The highest BCUT2D eigenvalue weighted by molar-refractivity contribution is 5.76. The van der Waals surface area contributed by atoms with E-state index < -0.39 is 0 Å². The molecular formula is C25H32N6O. The van der Waals surface area contributed by atoms with E-state index in [-0.39, 0.29) is 11.8 Å². The summed E-state index contributed by atoms with van der Waals surface area (Å²) in [6, 6.07) is 12.3. The molecule has 2 aromatic heterocycles. The van der Waals surface area contributed by atoms with Crippen molar-refractivity contribution in [3.63, 3.8) is 0 Å². The van der Waals surface area contributed by atoms with E-state index in [9.17, 15) is 4.79 Å². The molecule has 1 saturated heterocycles. The maximum absolute atomic E-state index is 12.5. The van der Waals surface area contributed by atoms with Gasteiger partial charge in [-0.15, -0.1) is 0 Å². The van der Waals surface area contributed by atoms with Crippen molar-refractivity contribution in [3.8, 4) is 5.82 Å². The molecule has 32 heavy (non-hydrogen) atoms. The van der Waals surface area contributed by atoms with Crippen LogP contribution in [0.1, 0.15) is 54.6 Å². The zero-order chi connectivity index (χ0) is 22.5. The molecular weight excluding hydrogens is 400 g/mol. The average Bonchev–Trinajstić information content (AvgIpc) is 3.45. The smallest absolute Gasteiger partial charge is 0.220 e. The topological polar surface area (TPSA) is 75.9 Å². The summed E-state index contributed by atoms with van der Waals surface area (Å²) in [7, 11) is 0. The van der Waals surface area contributed by atoms with Crippen LogP contribution in [0.25, 0.3) is 5.82 Å². The molecule has 1 aliphatic rings. The summed E-state index contributed by atoms with van der Waals surface area (Å²) >= 11 is 0. The van der Waals surface area contributed by atoms with E-state index in [0.29, 0.717) is 19.4 Å². The second kappa shape index (κ2) is 9.94. The van der Waals surface area contributed by atoms with Gasteiger partial charge in [0.1, 0.15) is 12.1 Å². The van der Waals surface area contributed by atoms with Crippen molar-refractivity contribution in [3.05, 3.63) is 65.2 Å². The Morgan fingerprint density at radius 2 is 1.81 bits per heavy atom. The molecule has 0 radical (unpaired) electrons. The molecule has 7 nitrogen and oxygen atoms in total. The summed E-state index contributed by atoms with van der Waals surface area (Å²) in [4.78, 5) is 23.7. The Labute approximate surface area is 189 Å². The summed E-state index contributed by atoms with van der Waals surface area (Å²) in [6.07, 6.45) is 5.12. The van der Waals surface area contributed by atoms with Crippen molar-refractivity contribution < 1.29 is 4.79 Å². The number of carbonyl (C=O) groups is 1. The Balaban J connectivity index is 1.38. The second-order valence-electron chi connectivity index (χ2n) is 8.61. The van der Waals surface area contributed by atoms with Gasteiger partial charge in [-0.1, -0.05) is 37.3 Å². The Kier molecular flexibility index (Phi) is 6.83. The van der Waals surface area contributed by atoms with Gasteiger partial charge in [-0.2, -0.15) is 5.10 Å². The highest BCUT2D eigenvalue weighted by atomic mass is 16.1. The fourth-order valence-electron chi connectivity index (χ4n) is 4.33. The normalized spacial score (nSPS) is 14.5. The zero-order valence-corrected chi connectivity index (χ0v) is 19.2. The lowest BCUT2D eigenvalue weighted by atomic mass is 10.0. The summed E-state index contributed by atoms with van der Waals surface area (Å²) in [5, 5.41) is 7.79. The molecule has 1 unspecified atom stereocenters. The number of amides is 1. The highest BCUT2D eigenvalue weighted by Crippen LogP contribution is 2.22. The molecule has 168 valence electrons. The van der Waals surface area contributed by atoms with Gasteiger partial charge in [-0.25, -0.2) is 14.6 Å². The van der Waals surface area contributed by atoms with Crippen LogP contribution in [0.5, 0.6) is 0 Å². The number of hydrogen-bond acceptors (Lipinski definition) is 5. The van der Waals surface area contributed by atoms with E-state index in [1.165, 1.54) is 18.4 Å². The summed E-state index contributed by atoms with van der Waals surface area (Å²) in [5.41, 5.74) is 4.31. The Morgan fingerprint density at radius 3 is 2.56 bits per heavy atom. The minimum Gasteiger partial charge on any atom is -0.356 e. The van der Waals surface area contributed by atoms with E-state index in [1.807, 2.05) is 42.8 Å². The molecule has 0 saturated carbocycles. The summed E-state index contributed by atoms with van der Waals surface area (Å²) in [5.74, 6) is 2.08. The monoisotopic (exact) mass is 432 g/mol. The van der Waals surface area contributed by atoms with Crippen LogP contribution in [0.4, 0.5) is 5.82 Å². The molecule has 7 heteroatoms. The lowest BCUT2D eigenvalue weighted by molar-refractivity contribution is -0.121. The Morgan fingerprint density at radius 1 is 1.09 bits per heavy atom. The third-order valence-electron chi connectivity index (χ3n) is 6.30. The molecule has 1 amide bonds. The largest absolute Gasteiger partial charge is 0.356 e. The first-order valence-corrected chi connectivity index (χ1v) is 11.5. The van der Waals surface area contributed by atoms with Crippen molar-refractivity contribution in [2.45, 2.75) is 52.4 Å². The van der Waals surface area contributed by atoms with E-state index in [0.717, 1.165) is 41.7 Å². The van der Waals surface area contributed by atoms with E-state index in [4.69, 9.17) is 5.10 Å². The maximum Gasteiger partial charge on any atom is 0.220 e. The number of nitrogens with one attached hydrogen (secondary N) is 1. The summed E-state index contributed by atoms with van der Waals surface area (Å²) < 4.78 is 1.88. The van der Waals surface area contributed by atoms with Crippen LogP contribution in [0.2, 0.25) is 0 Å².